The van der Waals surface area contributed by atoms with E-state index in [0.29, 0.717) is 0 Å². The topological polar surface area (TPSA) is 103 Å². The maximum atomic E-state index is 10.2. The maximum absolute atomic E-state index is 10.2. The van der Waals surface area contributed by atoms with Crippen LogP contribution in [0.25, 0.3) is 0 Å². The maximum Gasteiger partial charge on any atom is 0.322 e. The third-order valence-corrected chi connectivity index (χ3v) is 1.14. The number of carbonyl (C=O) groups is 1. The summed E-state index contributed by atoms with van der Waals surface area (Å²) in [6.45, 7) is 0.124. The van der Waals surface area contributed by atoms with Gasteiger partial charge in [0.25, 0.3) is 0 Å². The highest BCUT2D eigenvalue weighted by Gasteiger charge is 2.16. The summed E-state index contributed by atoms with van der Waals surface area (Å²) in [5, 5.41) is 13.4. The minimum Gasteiger partial charge on any atom is -0.480 e. The number of aliphatic carboxylic acids is 1. The van der Waals surface area contributed by atoms with Crippen LogP contribution in [0.3, 0.4) is 0 Å². The predicted molar refractivity (Wildman–Crippen MR) is 37.1 cm³/mol. The zero-order valence-corrected chi connectivity index (χ0v) is 5.69. The van der Waals surface area contributed by atoms with E-state index in [2.05, 4.69) is 16.1 Å². The van der Waals surface area contributed by atoms with E-state index in [-0.39, 0.29) is 6.54 Å². The van der Waals surface area contributed by atoms with E-state index in [9.17, 15) is 4.79 Å². The van der Waals surface area contributed by atoms with Gasteiger partial charge in [-0.2, -0.15) is 0 Å². The minimum absolute atomic E-state index is 0.124. The summed E-state index contributed by atoms with van der Waals surface area (Å²) in [6, 6.07) is -0.931. The fourth-order valence-electron chi connectivity index (χ4n) is 0.588. The van der Waals surface area contributed by atoms with Crippen LogP contribution in [0.4, 0.5) is 0 Å². The van der Waals surface area contributed by atoms with Gasteiger partial charge in [0, 0.05) is 0 Å². The number of nitrogens with two attached hydrogens (primary N) is 1. The average molecular weight is 159 g/mol. The van der Waals surface area contributed by atoms with Gasteiger partial charge in [0.1, 0.15) is 12.4 Å². The van der Waals surface area contributed by atoms with Crippen LogP contribution in [0.5, 0.6) is 0 Å². The molecule has 11 heavy (non-hydrogen) atoms. The summed E-state index contributed by atoms with van der Waals surface area (Å²) in [4.78, 5) is 10.2. The first-order valence-electron chi connectivity index (χ1n) is 2.99. The predicted octanol–water partition coefficient (Wildman–Crippen LogP) is -2.33. The fourth-order valence-corrected chi connectivity index (χ4v) is 0.588. The molecule has 0 saturated heterocycles. The number of hydrazine groups is 2. The zero-order valence-electron chi connectivity index (χ0n) is 5.69. The van der Waals surface area contributed by atoms with Crippen LogP contribution in [-0.4, -0.2) is 35.1 Å². The second-order valence-corrected chi connectivity index (χ2v) is 2.03. The van der Waals surface area contributed by atoms with Crippen molar-refractivity contribution in [2.24, 2.45) is 10.8 Å². The molecule has 0 aliphatic carbocycles. The van der Waals surface area contributed by atoms with Gasteiger partial charge >= 0.3 is 5.97 Å². The molecule has 0 spiro atoms. The number of hydrogen-bond acceptors (Lipinski definition) is 6. The van der Waals surface area contributed by atoms with Gasteiger partial charge in [-0.1, -0.05) is 0 Å². The van der Waals surface area contributed by atoms with Crippen molar-refractivity contribution in [2.45, 2.75) is 6.04 Å². The first kappa shape index (κ1) is 7.76. The molecule has 0 fully saturated rings. The molecule has 0 amide bonds. The molecule has 0 unspecified atom stereocenters. The number of carboxylic acid groups (broad SMARTS) is 1. The van der Waals surface area contributed by atoms with Crippen molar-refractivity contribution in [3.8, 4) is 0 Å². The van der Waals surface area contributed by atoms with Gasteiger partial charge in [-0.25, -0.2) is 5.12 Å². The van der Waals surface area contributed by atoms with E-state index in [4.69, 9.17) is 10.8 Å². The van der Waals surface area contributed by atoms with E-state index in [1.807, 2.05) is 0 Å². The van der Waals surface area contributed by atoms with Crippen LogP contribution in [-0.2, 0) is 4.79 Å². The molecular weight excluding hydrogens is 150 g/mol. The van der Waals surface area contributed by atoms with Crippen LogP contribution < -0.4 is 16.7 Å². The average Bonchev–Trinajstić information content (AvgIpc) is 2.39. The van der Waals surface area contributed by atoms with Gasteiger partial charge in [0.15, 0.2) is 0 Å². The van der Waals surface area contributed by atoms with Gasteiger partial charge in [0.2, 0.25) is 0 Å². The molecule has 1 rings (SSSR count). The van der Waals surface area contributed by atoms with Crippen LogP contribution in [0.15, 0.2) is 5.10 Å². The SMILES string of the molecule is N[C@H](CN1N=CNN1)C(=O)O. The van der Waals surface area contributed by atoms with Crippen molar-refractivity contribution < 1.29 is 9.90 Å². The normalized spacial score (nSPS) is 18.1. The molecule has 7 heteroatoms. The number of nitrogens with zero attached hydrogens (tertiary/aromatic N) is 2. The first-order valence-corrected chi connectivity index (χ1v) is 2.99. The number of carboxylic acids is 1. The molecule has 0 aromatic carbocycles. The van der Waals surface area contributed by atoms with Crippen molar-refractivity contribution >= 4 is 12.3 Å². The third kappa shape index (κ3) is 2.06. The monoisotopic (exact) mass is 159 g/mol. The van der Waals surface area contributed by atoms with Crippen LogP contribution >= 0.6 is 0 Å². The van der Waals surface area contributed by atoms with Crippen LogP contribution in [0.2, 0.25) is 0 Å². The van der Waals surface area contributed by atoms with Crippen molar-refractivity contribution in [1.82, 2.24) is 16.1 Å². The Morgan fingerprint density at radius 1 is 1.91 bits per heavy atom. The quantitative estimate of drug-likeness (QED) is 0.368. The van der Waals surface area contributed by atoms with E-state index in [1.165, 1.54) is 11.5 Å². The zero-order chi connectivity index (χ0) is 8.27. The Morgan fingerprint density at radius 3 is 3.09 bits per heavy atom. The van der Waals surface area contributed by atoms with Crippen LogP contribution in [0.1, 0.15) is 0 Å². The Kier molecular flexibility index (Phi) is 2.24. The molecule has 1 atom stereocenters. The standard InChI is InChI=1S/C4H9N5O2/c5-3(4(10)11)1-9-7-2-6-8-9/h2-3,8H,1,5H2,(H,6,7)(H,10,11)/t3-/m1/s1. The number of nitrogens with one attached hydrogen (secondary N) is 2. The largest absolute Gasteiger partial charge is 0.480 e. The summed E-state index contributed by atoms with van der Waals surface area (Å²) in [5.74, 6) is -1.05. The molecule has 7 nitrogen and oxygen atoms in total. The Morgan fingerprint density at radius 2 is 2.64 bits per heavy atom. The fraction of sp³-hybridized carbons (Fsp3) is 0.500. The summed E-state index contributed by atoms with van der Waals surface area (Å²) in [7, 11) is 0. The van der Waals surface area contributed by atoms with Gasteiger partial charge in [0.05, 0.1) is 6.54 Å². The number of hydrazone groups is 1. The second-order valence-electron chi connectivity index (χ2n) is 2.03. The van der Waals surface area contributed by atoms with E-state index in [0.717, 1.165) is 0 Å². The first-order chi connectivity index (χ1) is 5.20. The van der Waals surface area contributed by atoms with Gasteiger partial charge in [-0.15, -0.1) is 10.6 Å². The van der Waals surface area contributed by atoms with Crippen molar-refractivity contribution in [2.75, 3.05) is 6.54 Å². The molecule has 1 aliphatic rings. The third-order valence-electron chi connectivity index (χ3n) is 1.14. The van der Waals surface area contributed by atoms with Crippen LogP contribution in [0, 0.1) is 0 Å². The Hall–Kier alpha value is -1.34. The highest BCUT2D eigenvalue weighted by Crippen LogP contribution is 1.88. The molecule has 0 aromatic heterocycles. The molecule has 0 bridgehead atoms. The molecule has 0 aromatic rings. The second kappa shape index (κ2) is 3.17. The summed E-state index contributed by atoms with van der Waals surface area (Å²) >= 11 is 0. The molecule has 0 radical (unpaired) electrons. The minimum atomic E-state index is -1.05. The molecule has 62 valence electrons. The van der Waals surface area contributed by atoms with E-state index >= 15 is 0 Å². The highest BCUT2D eigenvalue weighted by molar-refractivity contribution is 5.73. The van der Waals surface area contributed by atoms with E-state index < -0.39 is 12.0 Å². The molecule has 1 heterocycles. The molecule has 5 N–H and O–H groups in total. The summed E-state index contributed by atoms with van der Waals surface area (Å²) in [6.07, 6.45) is 1.40. The Balaban J connectivity index is 2.29. The lowest BCUT2D eigenvalue weighted by Crippen LogP contribution is -2.46. The Bertz CT molecular complexity index is 181. The molecule has 1 aliphatic heterocycles. The smallest absolute Gasteiger partial charge is 0.322 e. The number of hydrogen-bond donors (Lipinski definition) is 4. The lowest BCUT2D eigenvalue weighted by Gasteiger charge is -2.14. The lowest BCUT2D eigenvalue weighted by atomic mass is 10.3. The Labute approximate surface area is 62.8 Å². The van der Waals surface area contributed by atoms with Gasteiger partial charge < -0.3 is 10.8 Å². The van der Waals surface area contributed by atoms with Gasteiger partial charge in [-0.05, 0) is 0 Å². The van der Waals surface area contributed by atoms with Crippen molar-refractivity contribution in [3.05, 3.63) is 0 Å². The van der Waals surface area contributed by atoms with E-state index in [1.54, 1.807) is 0 Å². The summed E-state index contributed by atoms with van der Waals surface area (Å²) in [5.41, 5.74) is 10.3. The van der Waals surface area contributed by atoms with Gasteiger partial charge in [-0.3, -0.25) is 10.2 Å². The molecular formula is C4H9N5O2. The molecule has 0 saturated carbocycles. The summed E-state index contributed by atoms with van der Waals surface area (Å²) < 4.78 is 0. The number of rotatable bonds is 3. The van der Waals surface area contributed by atoms with Crippen molar-refractivity contribution in [1.29, 1.82) is 0 Å². The van der Waals surface area contributed by atoms with Crippen molar-refractivity contribution in [3.63, 3.8) is 0 Å². The highest BCUT2D eigenvalue weighted by atomic mass is 16.4. The lowest BCUT2D eigenvalue weighted by molar-refractivity contribution is -0.139.